The van der Waals surface area contributed by atoms with Crippen molar-refractivity contribution in [2.24, 2.45) is 5.92 Å². The van der Waals surface area contributed by atoms with Gasteiger partial charge in [-0.25, -0.2) is 0 Å². The summed E-state index contributed by atoms with van der Waals surface area (Å²) in [5.41, 5.74) is 0.715. The quantitative estimate of drug-likeness (QED) is 0.859. The number of benzene rings is 1. The van der Waals surface area contributed by atoms with Crippen molar-refractivity contribution < 1.29 is 9.63 Å². The summed E-state index contributed by atoms with van der Waals surface area (Å²) in [6.45, 7) is 0.207. The molecule has 0 amide bonds. The summed E-state index contributed by atoms with van der Waals surface area (Å²) < 4.78 is 5.27. The summed E-state index contributed by atoms with van der Waals surface area (Å²) in [4.78, 5) is 4.35. The third-order valence-corrected chi connectivity index (χ3v) is 4.45. The van der Waals surface area contributed by atoms with E-state index in [4.69, 9.17) is 32.8 Å². The Morgan fingerprint density at radius 2 is 2.00 bits per heavy atom. The standard InChI is InChI=1S/C15H17Cl2N3O2/c16-11-6-10(7-12(17)8-11)14-19-15(22-20-14)18-13-3-1-2-9(13)4-5-21/h6-9,13,21H,1-5H2,(H,18,19,20). The van der Waals surface area contributed by atoms with Crippen molar-refractivity contribution in [2.45, 2.75) is 31.7 Å². The minimum absolute atomic E-state index is 0.207. The van der Waals surface area contributed by atoms with Crippen LogP contribution in [0.2, 0.25) is 10.0 Å². The second-order valence-electron chi connectivity index (χ2n) is 5.54. The molecule has 0 bridgehead atoms. The van der Waals surface area contributed by atoms with Crippen LogP contribution in [0.15, 0.2) is 22.7 Å². The van der Waals surface area contributed by atoms with E-state index in [-0.39, 0.29) is 12.6 Å². The van der Waals surface area contributed by atoms with Gasteiger partial charge in [-0.15, -0.1) is 0 Å². The van der Waals surface area contributed by atoms with Crippen LogP contribution in [0.25, 0.3) is 11.4 Å². The monoisotopic (exact) mass is 341 g/mol. The third-order valence-electron chi connectivity index (χ3n) is 4.01. The predicted octanol–water partition coefficient (Wildman–Crippen LogP) is 4.01. The first-order chi connectivity index (χ1) is 10.7. The number of hydrogen-bond acceptors (Lipinski definition) is 5. The maximum atomic E-state index is 9.11. The summed E-state index contributed by atoms with van der Waals surface area (Å²) in [6, 6.07) is 5.80. The van der Waals surface area contributed by atoms with Crippen LogP contribution in [0.1, 0.15) is 25.7 Å². The number of rotatable bonds is 5. The van der Waals surface area contributed by atoms with Gasteiger partial charge in [-0.3, -0.25) is 0 Å². The SMILES string of the molecule is OCCC1CCCC1Nc1nc(-c2cc(Cl)cc(Cl)c2)no1. The Morgan fingerprint density at radius 3 is 2.73 bits per heavy atom. The number of aliphatic hydroxyl groups is 1. The van der Waals surface area contributed by atoms with Gasteiger partial charge < -0.3 is 14.9 Å². The molecule has 1 aromatic carbocycles. The Balaban J connectivity index is 1.73. The fourth-order valence-corrected chi connectivity index (χ4v) is 3.51. The summed E-state index contributed by atoms with van der Waals surface area (Å²) in [6.07, 6.45) is 4.10. The molecule has 7 heteroatoms. The molecular formula is C15H17Cl2N3O2. The van der Waals surface area contributed by atoms with E-state index in [0.717, 1.165) is 25.7 Å². The van der Waals surface area contributed by atoms with Crippen molar-refractivity contribution in [1.82, 2.24) is 10.1 Å². The van der Waals surface area contributed by atoms with E-state index in [1.807, 2.05) is 0 Å². The van der Waals surface area contributed by atoms with Crippen molar-refractivity contribution in [3.63, 3.8) is 0 Å². The van der Waals surface area contributed by atoms with Crippen molar-refractivity contribution in [2.75, 3.05) is 11.9 Å². The van der Waals surface area contributed by atoms with Crippen LogP contribution in [0.5, 0.6) is 0 Å². The molecule has 2 unspecified atom stereocenters. The van der Waals surface area contributed by atoms with Gasteiger partial charge in [0.25, 0.3) is 0 Å². The fourth-order valence-electron chi connectivity index (χ4n) is 2.98. The Morgan fingerprint density at radius 1 is 1.23 bits per heavy atom. The number of aromatic nitrogens is 2. The van der Waals surface area contributed by atoms with Crippen LogP contribution in [0.3, 0.4) is 0 Å². The van der Waals surface area contributed by atoms with E-state index in [0.29, 0.717) is 33.4 Å². The topological polar surface area (TPSA) is 71.2 Å². The first-order valence-corrected chi connectivity index (χ1v) is 8.09. The largest absolute Gasteiger partial charge is 0.396 e. The lowest BCUT2D eigenvalue weighted by molar-refractivity contribution is 0.253. The summed E-state index contributed by atoms with van der Waals surface area (Å²) >= 11 is 12.0. The Bertz CT molecular complexity index is 627. The molecule has 1 heterocycles. The minimum Gasteiger partial charge on any atom is -0.396 e. The summed E-state index contributed by atoms with van der Waals surface area (Å²) in [5.74, 6) is 0.893. The second kappa shape index (κ2) is 6.86. The van der Waals surface area contributed by atoms with Crippen LogP contribution in [0.4, 0.5) is 6.01 Å². The van der Waals surface area contributed by atoms with Gasteiger partial charge in [0, 0.05) is 28.3 Å². The second-order valence-corrected chi connectivity index (χ2v) is 6.41. The molecule has 2 atom stereocenters. The number of nitrogens with one attached hydrogen (secondary N) is 1. The van der Waals surface area contributed by atoms with Gasteiger partial charge >= 0.3 is 6.01 Å². The van der Waals surface area contributed by atoms with Crippen LogP contribution >= 0.6 is 23.2 Å². The predicted molar refractivity (Wildman–Crippen MR) is 86.2 cm³/mol. The molecule has 1 saturated carbocycles. The maximum Gasteiger partial charge on any atom is 0.322 e. The molecule has 1 aliphatic carbocycles. The van der Waals surface area contributed by atoms with Crippen molar-refractivity contribution in [1.29, 1.82) is 0 Å². The zero-order valence-electron chi connectivity index (χ0n) is 11.9. The average molecular weight is 342 g/mol. The third kappa shape index (κ3) is 3.54. The first-order valence-electron chi connectivity index (χ1n) is 7.33. The van der Waals surface area contributed by atoms with Crippen molar-refractivity contribution >= 4 is 29.2 Å². The Hall–Kier alpha value is -1.30. The van der Waals surface area contributed by atoms with E-state index in [9.17, 15) is 0 Å². The lowest BCUT2D eigenvalue weighted by Crippen LogP contribution is -2.24. The highest BCUT2D eigenvalue weighted by atomic mass is 35.5. The van der Waals surface area contributed by atoms with E-state index < -0.39 is 0 Å². The van der Waals surface area contributed by atoms with Crippen molar-refractivity contribution in [3.05, 3.63) is 28.2 Å². The number of nitrogens with zero attached hydrogens (tertiary/aromatic N) is 2. The van der Waals surface area contributed by atoms with Crippen LogP contribution in [-0.2, 0) is 0 Å². The lowest BCUT2D eigenvalue weighted by atomic mass is 10.0. The molecule has 1 fully saturated rings. The molecule has 0 aliphatic heterocycles. The molecule has 22 heavy (non-hydrogen) atoms. The molecule has 5 nitrogen and oxygen atoms in total. The smallest absolute Gasteiger partial charge is 0.322 e. The molecule has 0 radical (unpaired) electrons. The number of aliphatic hydroxyl groups excluding tert-OH is 1. The van der Waals surface area contributed by atoms with Gasteiger partial charge in [0.1, 0.15) is 0 Å². The number of halogens is 2. The van der Waals surface area contributed by atoms with Gasteiger partial charge in [0.2, 0.25) is 5.82 Å². The van der Waals surface area contributed by atoms with Gasteiger partial charge in [-0.2, -0.15) is 4.98 Å². The van der Waals surface area contributed by atoms with Crippen LogP contribution < -0.4 is 5.32 Å². The molecule has 2 N–H and O–H groups in total. The van der Waals surface area contributed by atoms with E-state index >= 15 is 0 Å². The molecular weight excluding hydrogens is 325 g/mol. The molecule has 2 aromatic rings. The van der Waals surface area contributed by atoms with E-state index in [1.54, 1.807) is 18.2 Å². The molecule has 1 aromatic heterocycles. The van der Waals surface area contributed by atoms with E-state index in [2.05, 4.69) is 15.5 Å². The van der Waals surface area contributed by atoms with Crippen LogP contribution in [0, 0.1) is 5.92 Å². The highest BCUT2D eigenvalue weighted by Crippen LogP contribution is 2.31. The summed E-state index contributed by atoms with van der Waals surface area (Å²) in [7, 11) is 0. The average Bonchev–Trinajstić information content (AvgIpc) is 3.09. The number of anilines is 1. The zero-order valence-corrected chi connectivity index (χ0v) is 13.4. The van der Waals surface area contributed by atoms with Crippen molar-refractivity contribution in [3.8, 4) is 11.4 Å². The zero-order chi connectivity index (χ0) is 15.5. The molecule has 1 aliphatic rings. The van der Waals surface area contributed by atoms with Gasteiger partial charge in [0.15, 0.2) is 0 Å². The Labute approximate surface area is 138 Å². The van der Waals surface area contributed by atoms with Gasteiger partial charge in [-0.1, -0.05) is 34.8 Å². The van der Waals surface area contributed by atoms with Crippen LogP contribution in [-0.4, -0.2) is 27.9 Å². The minimum atomic E-state index is 0.207. The maximum absolute atomic E-state index is 9.11. The first kappa shape index (κ1) is 15.6. The summed E-state index contributed by atoms with van der Waals surface area (Å²) in [5, 5.41) is 17.4. The fraction of sp³-hybridized carbons (Fsp3) is 0.467. The van der Waals surface area contributed by atoms with Gasteiger partial charge in [0.05, 0.1) is 0 Å². The van der Waals surface area contributed by atoms with E-state index in [1.165, 1.54) is 0 Å². The lowest BCUT2D eigenvalue weighted by Gasteiger charge is -2.18. The normalized spacial score (nSPS) is 21.2. The molecule has 3 rings (SSSR count). The molecule has 0 spiro atoms. The highest BCUT2D eigenvalue weighted by molar-refractivity contribution is 6.35. The Kier molecular flexibility index (Phi) is 4.86. The molecule has 118 valence electrons. The number of hydrogen-bond donors (Lipinski definition) is 2. The van der Waals surface area contributed by atoms with Gasteiger partial charge in [-0.05, 0) is 43.4 Å². The molecule has 0 saturated heterocycles. The highest BCUT2D eigenvalue weighted by Gasteiger charge is 2.28.